The number of aliphatic carboxylic acids is 1. The molecule has 0 saturated carbocycles. The van der Waals surface area contributed by atoms with Gasteiger partial charge in [0.1, 0.15) is 22.0 Å². The molecule has 1 heterocycles. The van der Waals surface area contributed by atoms with Crippen molar-refractivity contribution >= 4 is 29.3 Å². The van der Waals surface area contributed by atoms with Crippen LogP contribution in [0, 0.1) is 12.8 Å². The number of thioether (sulfide) groups is 1. The Morgan fingerprint density at radius 1 is 1.14 bits per heavy atom. The predicted octanol–water partition coefficient (Wildman–Crippen LogP) is 6.21. The van der Waals surface area contributed by atoms with E-state index in [1.807, 2.05) is 31.2 Å². The summed E-state index contributed by atoms with van der Waals surface area (Å²) in [4.78, 5) is 30.1. The van der Waals surface area contributed by atoms with Crippen molar-refractivity contribution in [3.63, 3.8) is 0 Å². The number of aromatic nitrogens is 2. The molecule has 0 fully saturated rings. The number of hydrogen-bond donors (Lipinski definition) is 3. The van der Waals surface area contributed by atoms with Crippen LogP contribution in [0.25, 0.3) is 11.4 Å². The predicted molar refractivity (Wildman–Crippen MR) is 140 cm³/mol. The Kier molecular flexibility index (Phi) is 8.27. The standard InChI is InChI=1S/C27H33N3O4S/c1-17(2)8-7-15-30-18(3)23(25(32)28-20-9-6-10-21(31)16-20)29-24(30)19-11-13-22(14-12-19)35-27(4,5)26(33)34/h6,9-14,16-17,31H,7-8,15H2,1-5H3,(H,28,32)(H,33,34). The first-order valence-corrected chi connectivity index (χ1v) is 12.5. The van der Waals surface area contributed by atoms with Crippen LogP contribution in [-0.2, 0) is 11.3 Å². The highest BCUT2D eigenvalue weighted by Crippen LogP contribution is 2.34. The number of aromatic hydroxyl groups is 1. The molecule has 0 spiro atoms. The fourth-order valence-electron chi connectivity index (χ4n) is 3.68. The molecule has 3 aromatic rings. The van der Waals surface area contributed by atoms with Gasteiger partial charge in [0.2, 0.25) is 0 Å². The molecule has 0 atom stereocenters. The SMILES string of the molecule is Cc1c(C(=O)Nc2cccc(O)c2)nc(-c2ccc(SC(C)(C)C(=O)O)cc2)n1CCCC(C)C. The van der Waals surface area contributed by atoms with Gasteiger partial charge in [0.05, 0.1) is 0 Å². The summed E-state index contributed by atoms with van der Waals surface area (Å²) in [5, 5.41) is 21.9. The summed E-state index contributed by atoms with van der Waals surface area (Å²) in [7, 11) is 0. The number of carbonyl (C=O) groups excluding carboxylic acids is 1. The summed E-state index contributed by atoms with van der Waals surface area (Å²) < 4.78 is 1.13. The van der Waals surface area contributed by atoms with Crippen molar-refractivity contribution < 1.29 is 19.8 Å². The fourth-order valence-corrected chi connectivity index (χ4v) is 4.63. The third kappa shape index (κ3) is 6.66. The van der Waals surface area contributed by atoms with Crippen LogP contribution >= 0.6 is 11.8 Å². The second-order valence-electron chi connectivity index (χ2n) is 9.50. The van der Waals surface area contributed by atoms with Crippen molar-refractivity contribution in [3.8, 4) is 17.1 Å². The lowest BCUT2D eigenvalue weighted by molar-refractivity contribution is -0.138. The molecular formula is C27H33N3O4S. The number of hydrogen-bond acceptors (Lipinski definition) is 5. The van der Waals surface area contributed by atoms with E-state index in [9.17, 15) is 19.8 Å². The van der Waals surface area contributed by atoms with Gasteiger partial charge in [-0.2, -0.15) is 0 Å². The zero-order valence-corrected chi connectivity index (χ0v) is 21.6. The first-order chi connectivity index (χ1) is 16.5. The van der Waals surface area contributed by atoms with E-state index in [0.717, 1.165) is 35.5 Å². The van der Waals surface area contributed by atoms with Crippen molar-refractivity contribution in [2.45, 2.75) is 63.6 Å². The molecule has 1 aromatic heterocycles. The van der Waals surface area contributed by atoms with Crippen LogP contribution in [0.15, 0.2) is 53.4 Å². The van der Waals surface area contributed by atoms with E-state index < -0.39 is 10.7 Å². The van der Waals surface area contributed by atoms with Crippen LogP contribution in [0.1, 0.15) is 56.7 Å². The number of amides is 1. The summed E-state index contributed by atoms with van der Waals surface area (Å²) in [6.45, 7) is 10.3. The van der Waals surface area contributed by atoms with Crippen LogP contribution in [-0.4, -0.2) is 36.4 Å². The normalized spacial score (nSPS) is 11.6. The number of anilines is 1. The summed E-state index contributed by atoms with van der Waals surface area (Å²) in [6, 6.07) is 14.0. The third-order valence-electron chi connectivity index (χ3n) is 5.70. The van der Waals surface area contributed by atoms with E-state index in [1.54, 1.807) is 32.0 Å². The molecule has 0 aliphatic heterocycles. The van der Waals surface area contributed by atoms with E-state index in [4.69, 9.17) is 4.98 Å². The van der Waals surface area contributed by atoms with Crippen molar-refractivity contribution in [1.82, 2.24) is 9.55 Å². The molecule has 8 heteroatoms. The molecule has 0 aliphatic carbocycles. The summed E-state index contributed by atoms with van der Waals surface area (Å²) in [5.74, 6) is 0.132. The minimum Gasteiger partial charge on any atom is -0.508 e. The van der Waals surface area contributed by atoms with Gasteiger partial charge in [-0.1, -0.05) is 32.0 Å². The Morgan fingerprint density at radius 3 is 2.43 bits per heavy atom. The Balaban J connectivity index is 1.93. The van der Waals surface area contributed by atoms with Crippen LogP contribution in [0.5, 0.6) is 5.75 Å². The topological polar surface area (TPSA) is 104 Å². The maximum absolute atomic E-state index is 13.1. The molecule has 2 aromatic carbocycles. The molecule has 1 amide bonds. The number of carbonyl (C=O) groups is 2. The van der Waals surface area contributed by atoms with Crippen molar-refractivity contribution in [2.75, 3.05) is 5.32 Å². The van der Waals surface area contributed by atoms with Gasteiger partial charge in [-0.25, -0.2) is 4.98 Å². The number of carboxylic acids is 1. The Morgan fingerprint density at radius 2 is 1.83 bits per heavy atom. The van der Waals surface area contributed by atoms with Crippen LogP contribution in [0.3, 0.4) is 0 Å². The largest absolute Gasteiger partial charge is 0.508 e. The average Bonchev–Trinajstić information content (AvgIpc) is 3.10. The average molecular weight is 496 g/mol. The van der Waals surface area contributed by atoms with E-state index in [-0.39, 0.29) is 11.7 Å². The monoisotopic (exact) mass is 495 g/mol. The van der Waals surface area contributed by atoms with Gasteiger partial charge in [-0.3, -0.25) is 9.59 Å². The van der Waals surface area contributed by atoms with Crippen LogP contribution in [0.2, 0.25) is 0 Å². The summed E-state index contributed by atoms with van der Waals surface area (Å²) in [6.07, 6.45) is 2.01. The van der Waals surface area contributed by atoms with E-state index in [2.05, 4.69) is 23.7 Å². The number of benzene rings is 2. The van der Waals surface area contributed by atoms with Crippen molar-refractivity contribution in [1.29, 1.82) is 0 Å². The molecule has 0 bridgehead atoms. The minimum absolute atomic E-state index is 0.0726. The zero-order valence-electron chi connectivity index (χ0n) is 20.8. The Labute approximate surface area is 210 Å². The molecule has 186 valence electrons. The Hall–Kier alpha value is -3.26. The van der Waals surface area contributed by atoms with Gasteiger partial charge in [-0.05, 0) is 63.8 Å². The second-order valence-corrected chi connectivity index (χ2v) is 11.2. The second kappa shape index (κ2) is 11.0. The lowest BCUT2D eigenvalue weighted by Crippen LogP contribution is -2.26. The van der Waals surface area contributed by atoms with Gasteiger partial charge in [0, 0.05) is 34.5 Å². The lowest BCUT2D eigenvalue weighted by Gasteiger charge is -2.18. The lowest BCUT2D eigenvalue weighted by atomic mass is 10.1. The fraction of sp³-hybridized carbons (Fsp3) is 0.370. The summed E-state index contributed by atoms with van der Waals surface area (Å²) >= 11 is 1.28. The number of phenols is 1. The van der Waals surface area contributed by atoms with E-state index in [0.29, 0.717) is 23.1 Å². The first kappa shape index (κ1) is 26.3. The van der Waals surface area contributed by atoms with Gasteiger partial charge < -0.3 is 20.1 Å². The molecule has 0 aliphatic rings. The molecule has 7 nitrogen and oxygen atoms in total. The highest BCUT2D eigenvalue weighted by Gasteiger charge is 2.28. The molecule has 0 unspecified atom stereocenters. The van der Waals surface area contributed by atoms with Gasteiger partial charge in [-0.15, -0.1) is 11.8 Å². The maximum atomic E-state index is 13.1. The Bertz CT molecular complexity index is 1200. The quantitative estimate of drug-likeness (QED) is 0.289. The third-order valence-corrected chi connectivity index (χ3v) is 6.90. The van der Waals surface area contributed by atoms with Crippen molar-refractivity contribution in [2.24, 2.45) is 5.92 Å². The van der Waals surface area contributed by atoms with Crippen LogP contribution in [0.4, 0.5) is 5.69 Å². The maximum Gasteiger partial charge on any atom is 0.319 e. The number of nitrogens with one attached hydrogen (secondary N) is 1. The highest BCUT2D eigenvalue weighted by atomic mass is 32.2. The smallest absolute Gasteiger partial charge is 0.319 e. The number of carboxylic acid groups (broad SMARTS) is 1. The van der Waals surface area contributed by atoms with Gasteiger partial charge in [0.25, 0.3) is 5.91 Å². The number of nitrogens with zero attached hydrogens (tertiary/aromatic N) is 2. The molecule has 35 heavy (non-hydrogen) atoms. The van der Waals surface area contributed by atoms with E-state index in [1.165, 1.54) is 17.8 Å². The first-order valence-electron chi connectivity index (χ1n) is 11.7. The minimum atomic E-state index is -0.940. The summed E-state index contributed by atoms with van der Waals surface area (Å²) in [5.41, 5.74) is 2.45. The molecular weight excluding hydrogens is 462 g/mol. The van der Waals surface area contributed by atoms with Gasteiger partial charge in [0.15, 0.2) is 0 Å². The van der Waals surface area contributed by atoms with E-state index >= 15 is 0 Å². The number of imidazole rings is 1. The molecule has 3 rings (SSSR count). The van der Waals surface area contributed by atoms with Gasteiger partial charge >= 0.3 is 5.97 Å². The van der Waals surface area contributed by atoms with Crippen LogP contribution < -0.4 is 5.32 Å². The highest BCUT2D eigenvalue weighted by molar-refractivity contribution is 8.01. The molecule has 3 N–H and O–H groups in total. The van der Waals surface area contributed by atoms with Crippen molar-refractivity contribution in [3.05, 3.63) is 59.9 Å². The molecule has 0 radical (unpaired) electrons. The zero-order chi connectivity index (χ0) is 25.8. The number of phenolic OH excluding ortho intramolecular Hbond substituents is 1. The number of rotatable bonds is 10. The molecule has 0 saturated heterocycles.